The lowest BCUT2D eigenvalue weighted by Crippen LogP contribution is -2.52. The molecule has 2 aromatic carbocycles. The Labute approximate surface area is 179 Å². The van der Waals surface area contributed by atoms with E-state index in [1.54, 1.807) is 20.3 Å². The van der Waals surface area contributed by atoms with E-state index in [4.69, 9.17) is 9.47 Å². The Hall–Kier alpha value is -2.28. The van der Waals surface area contributed by atoms with Gasteiger partial charge < -0.3 is 19.7 Å². The highest BCUT2D eigenvalue weighted by molar-refractivity contribution is 5.43. The molecule has 1 aliphatic heterocycles. The van der Waals surface area contributed by atoms with Gasteiger partial charge in [0.2, 0.25) is 0 Å². The first-order valence-corrected chi connectivity index (χ1v) is 10.5. The number of nitrogens with zero attached hydrogens (tertiary/aromatic N) is 2. The van der Waals surface area contributed by atoms with Crippen molar-refractivity contribution < 1.29 is 19.7 Å². The third-order valence-corrected chi connectivity index (χ3v) is 6.28. The maximum Gasteiger partial charge on any atom is 0.123 e. The van der Waals surface area contributed by atoms with Crippen LogP contribution in [0.15, 0.2) is 30.3 Å². The molecule has 2 aromatic rings. The standard InChI is InChI=1S/C24H34N2O4/c1-17-18(2)24(30-4)8-6-19(17)15-26-11-10-25(16-21(26)9-12-27)14-20-5-7-22(29-3)13-23(20)28/h5-8,13,21,27-28H,9-12,14-16H2,1-4H3/t21-/m1/s1. The second-order valence-electron chi connectivity index (χ2n) is 8.04. The number of phenolic OH excluding ortho intramolecular Hbond substituents is 1. The first kappa shape index (κ1) is 22.4. The summed E-state index contributed by atoms with van der Waals surface area (Å²) >= 11 is 0. The number of aliphatic hydroxyl groups is 1. The molecule has 6 nitrogen and oxygen atoms in total. The van der Waals surface area contributed by atoms with Crippen molar-refractivity contribution in [1.82, 2.24) is 9.80 Å². The van der Waals surface area contributed by atoms with E-state index in [0.717, 1.165) is 43.9 Å². The molecule has 1 fully saturated rings. The second-order valence-corrected chi connectivity index (χ2v) is 8.04. The van der Waals surface area contributed by atoms with Crippen molar-refractivity contribution in [3.63, 3.8) is 0 Å². The van der Waals surface area contributed by atoms with Crippen molar-refractivity contribution in [1.29, 1.82) is 0 Å². The fourth-order valence-corrected chi connectivity index (χ4v) is 4.24. The van der Waals surface area contributed by atoms with Crippen LogP contribution < -0.4 is 9.47 Å². The van der Waals surface area contributed by atoms with Gasteiger partial charge in [-0.3, -0.25) is 9.80 Å². The topological polar surface area (TPSA) is 65.4 Å². The molecule has 0 spiro atoms. The normalized spacial score (nSPS) is 17.8. The first-order chi connectivity index (χ1) is 14.5. The Morgan fingerprint density at radius 2 is 1.73 bits per heavy atom. The number of benzene rings is 2. The molecule has 1 heterocycles. The molecule has 6 heteroatoms. The molecule has 1 saturated heterocycles. The molecule has 164 valence electrons. The fraction of sp³-hybridized carbons (Fsp3) is 0.500. The summed E-state index contributed by atoms with van der Waals surface area (Å²) in [4.78, 5) is 4.82. The van der Waals surface area contributed by atoms with Crippen LogP contribution in [-0.2, 0) is 13.1 Å². The third-order valence-electron chi connectivity index (χ3n) is 6.28. The number of hydrogen-bond acceptors (Lipinski definition) is 6. The van der Waals surface area contributed by atoms with Crippen molar-refractivity contribution >= 4 is 0 Å². The summed E-state index contributed by atoms with van der Waals surface area (Å²) in [5.41, 5.74) is 4.65. The average molecular weight is 415 g/mol. The zero-order valence-electron chi connectivity index (χ0n) is 18.5. The van der Waals surface area contributed by atoms with Gasteiger partial charge in [0.1, 0.15) is 17.2 Å². The smallest absolute Gasteiger partial charge is 0.123 e. The Morgan fingerprint density at radius 1 is 0.967 bits per heavy atom. The molecular formula is C24H34N2O4. The van der Waals surface area contributed by atoms with Crippen molar-refractivity contribution in [3.8, 4) is 17.2 Å². The quantitative estimate of drug-likeness (QED) is 0.692. The van der Waals surface area contributed by atoms with Crippen LogP contribution in [0.25, 0.3) is 0 Å². The molecule has 3 rings (SSSR count). The Bertz CT molecular complexity index is 855. The zero-order valence-corrected chi connectivity index (χ0v) is 18.5. The molecule has 30 heavy (non-hydrogen) atoms. The van der Waals surface area contributed by atoms with Gasteiger partial charge in [0.05, 0.1) is 14.2 Å². The van der Waals surface area contributed by atoms with Gasteiger partial charge >= 0.3 is 0 Å². The monoisotopic (exact) mass is 414 g/mol. The van der Waals surface area contributed by atoms with Crippen LogP contribution in [0.1, 0.15) is 28.7 Å². The number of hydrogen-bond donors (Lipinski definition) is 2. The molecule has 0 unspecified atom stereocenters. The van der Waals surface area contributed by atoms with Gasteiger partial charge in [0.15, 0.2) is 0 Å². The van der Waals surface area contributed by atoms with E-state index in [1.807, 2.05) is 18.2 Å². The summed E-state index contributed by atoms with van der Waals surface area (Å²) in [6.07, 6.45) is 0.735. The SMILES string of the molecule is COc1ccc(CN2CCN(Cc3ccc(OC)c(C)c3C)[C@H](CCO)C2)c(O)c1. The van der Waals surface area contributed by atoms with Crippen LogP contribution in [-0.4, -0.2) is 66.5 Å². The van der Waals surface area contributed by atoms with Gasteiger partial charge in [0, 0.05) is 57.0 Å². The highest BCUT2D eigenvalue weighted by atomic mass is 16.5. The summed E-state index contributed by atoms with van der Waals surface area (Å²) < 4.78 is 10.6. The Balaban J connectivity index is 1.69. The maximum atomic E-state index is 10.3. The minimum atomic E-state index is 0.170. The van der Waals surface area contributed by atoms with E-state index in [-0.39, 0.29) is 18.4 Å². The first-order valence-electron chi connectivity index (χ1n) is 10.5. The summed E-state index contributed by atoms with van der Waals surface area (Å²) in [6, 6.07) is 9.92. The van der Waals surface area contributed by atoms with Crippen LogP contribution in [0, 0.1) is 13.8 Å². The molecule has 0 amide bonds. The predicted molar refractivity (Wildman–Crippen MR) is 118 cm³/mol. The van der Waals surface area contributed by atoms with E-state index >= 15 is 0 Å². The van der Waals surface area contributed by atoms with Crippen molar-refractivity contribution in [2.75, 3.05) is 40.5 Å². The minimum absolute atomic E-state index is 0.170. The number of methoxy groups -OCH3 is 2. The van der Waals surface area contributed by atoms with Gasteiger partial charge in [-0.25, -0.2) is 0 Å². The summed E-state index contributed by atoms with van der Waals surface area (Å²) in [5.74, 6) is 1.84. The number of phenols is 1. The molecule has 0 radical (unpaired) electrons. The maximum absolute atomic E-state index is 10.3. The lowest BCUT2D eigenvalue weighted by Gasteiger charge is -2.42. The number of ether oxygens (including phenoxy) is 2. The third kappa shape index (κ3) is 5.06. The van der Waals surface area contributed by atoms with E-state index in [0.29, 0.717) is 12.3 Å². The predicted octanol–water partition coefficient (Wildman–Crippen LogP) is 3.10. The molecule has 0 aliphatic carbocycles. The average Bonchev–Trinajstić information content (AvgIpc) is 2.75. The molecule has 2 N–H and O–H groups in total. The number of aliphatic hydroxyl groups excluding tert-OH is 1. The summed E-state index contributed by atoms with van der Waals surface area (Å²) in [6.45, 7) is 8.67. The van der Waals surface area contributed by atoms with Gasteiger partial charge in [-0.2, -0.15) is 0 Å². The molecule has 0 saturated carbocycles. The minimum Gasteiger partial charge on any atom is -0.507 e. The lowest BCUT2D eigenvalue weighted by molar-refractivity contribution is 0.0495. The van der Waals surface area contributed by atoms with Crippen LogP contribution in [0.3, 0.4) is 0 Å². The highest BCUT2D eigenvalue weighted by Crippen LogP contribution is 2.28. The largest absolute Gasteiger partial charge is 0.507 e. The molecule has 0 bridgehead atoms. The van der Waals surface area contributed by atoms with Crippen LogP contribution in [0.4, 0.5) is 0 Å². The van der Waals surface area contributed by atoms with Crippen LogP contribution in [0.5, 0.6) is 17.2 Å². The van der Waals surface area contributed by atoms with E-state index in [2.05, 4.69) is 29.7 Å². The van der Waals surface area contributed by atoms with E-state index < -0.39 is 0 Å². The Morgan fingerprint density at radius 3 is 2.40 bits per heavy atom. The zero-order chi connectivity index (χ0) is 21.7. The number of rotatable bonds is 8. The highest BCUT2D eigenvalue weighted by Gasteiger charge is 2.27. The molecular weight excluding hydrogens is 380 g/mol. The second kappa shape index (κ2) is 10.2. The van der Waals surface area contributed by atoms with E-state index in [9.17, 15) is 10.2 Å². The number of aromatic hydroxyl groups is 1. The fourth-order valence-electron chi connectivity index (χ4n) is 4.24. The van der Waals surface area contributed by atoms with Crippen molar-refractivity contribution in [2.24, 2.45) is 0 Å². The van der Waals surface area contributed by atoms with Gasteiger partial charge in [-0.05, 0) is 49.1 Å². The van der Waals surface area contributed by atoms with Gasteiger partial charge in [0.25, 0.3) is 0 Å². The van der Waals surface area contributed by atoms with Crippen LogP contribution in [0.2, 0.25) is 0 Å². The van der Waals surface area contributed by atoms with Gasteiger partial charge in [-0.1, -0.05) is 12.1 Å². The van der Waals surface area contributed by atoms with Gasteiger partial charge in [-0.15, -0.1) is 0 Å². The summed E-state index contributed by atoms with van der Waals surface area (Å²) in [5, 5.41) is 19.9. The molecule has 1 atom stereocenters. The molecule has 1 aliphatic rings. The van der Waals surface area contributed by atoms with Crippen LogP contribution >= 0.6 is 0 Å². The number of piperazine rings is 1. The Kier molecular flexibility index (Phi) is 7.58. The summed E-state index contributed by atoms with van der Waals surface area (Å²) in [7, 11) is 3.30. The van der Waals surface area contributed by atoms with Crippen molar-refractivity contribution in [3.05, 3.63) is 52.6 Å². The molecule has 0 aromatic heterocycles. The lowest BCUT2D eigenvalue weighted by atomic mass is 10.00. The van der Waals surface area contributed by atoms with Crippen molar-refractivity contribution in [2.45, 2.75) is 39.4 Å². The van der Waals surface area contributed by atoms with E-state index in [1.165, 1.54) is 16.7 Å².